The third-order valence-electron chi connectivity index (χ3n) is 4.85. The van der Waals surface area contributed by atoms with Crippen LogP contribution in [0.25, 0.3) is 16.8 Å². The van der Waals surface area contributed by atoms with Crippen LogP contribution in [0.15, 0.2) is 77.8 Å². The maximum Gasteiger partial charge on any atom is 0.270 e. The maximum absolute atomic E-state index is 13.9. The summed E-state index contributed by atoms with van der Waals surface area (Å²) in [6, 6.07) is 20.5. The van der Waals surface area contributed by atoms with Crippen LogP contribution in [0.4, 0.5) is 10.1 Å². The number of thioether (sulfide) groups is 1. The van der Waals surface area contributed by atoms with Gasteiger partial charge in [-0.1, -0.05) is 72.5 Å². The molecule has 0 radical (unpaired) electrons. The first-order valence-corrected chi connectivity index (χ1v) is 11.3. The second-order valence-corrected chi connectivity index (χ2v) is 9.00. The van der Waals surface area contributed by atoms with E-state index in [1.54, 1.807) is 35.2 Å². The Hall–Kier alpha value is -3.33. The van der Waals surface area contributed by atoms with E-state index in [-0.39, 0.29) is 17.1 Å². The predicted molar refractivity (Wildman–Crippen MR) is 133 cm³/mol. The van der Waals surface area contributed by atoms with Crippen molar-refractivity contribution in [2.24, 2.45) is 0 Å². The Morgan fingerprint density at radius 3 is 2.76 bits per heavy atom. The number of hydrogen-bond donors (Lipinski definition) is 0. The summed E-state index contributed by atoms with van der Waals surface area (Å²) in [5.74, 6) is -0.890. The van der Waals surface area contributed by atoms with Crippen molar-refractivity contribution in [1.82, 2.24) is 9.97 Å². The SMILES string of the molecule is O=C1/C(=C/c2cccc(Oc3nc(Cl)ncc3F)c2)SC(=S)N1c1cccc2ccccc12. The quantitative estimate of drug-likeness (QED) is 0.181. The zero-order valence-electron chi connectivity index (χ0n) is 16.7. The summed E-state index contributed by atoms with van der Waals surface area (Å²) in [5.41, 5.74) is 1.43. The lowest BCUT2D eigenvalue weighted by Crippen LogP contribution is -2.27. The van der Waals surface area contributed by atoms with Crippen LogP contribution in [0.1, 0.15) is 5.56 Å². The van der Waals surface area contributed by atoms with Crippen molar-refractivity contribution in [2.45, 2.75) is 0 Å². The molecule has 3 aromatic carbocycles. The van der Waals surface area contributed by atoms with E-state index in [0.29, 0.717) is 20.5 Å². The number of nitrogens with zero attached hydrogens (tertiary/aromatic N) is 3. The zero-order chi connectivity index (χ0) is 22.9. The predicted octanol–water partition coefficient (Wildman–Crippen LogP) is 6.62. The number of halogens is 2. The van der Waals surface area contributed by atoms with Crippen LogP contribution in [-0.2, 0) is 4.79 Å². The molecule has 0 aliphatic carbocycles. The van der Waals surface area contributed by atoms with Crippen LogP contribution in [0.2, 0.25) is 5.28 Å². The van der Waals surface area contributed by atoms with E-state index < -0.39 is 5.82 Å². The monoisotopic (exact) mass is 493 g/mol. The first-order chi connectivity index (χ1) is 16.0. The number of benzene rings is 3. The lowest BCUT2D eigenvalue weighted by atomic mass is 10.1. The Bertz CT molecular complexity index is 1460. The number of aromatic nitrogens is 2. The number of anilines is 1. The average molecular weight is 494 g/mol. The van der Waals surface area contributed by atoms with E-state index in [2.05, 4.69) is 9.97 Å². The summed E-state index contributed by atoms with van der Waals surface area (Å²) in [4.78, 5) is 22.6. The van der Waals surface area contributed by atoms with E-state index in [9.17, 15) is 9.18 Å². The lowest BCUT2D eigenvalue weighted by molar-refractivity contribution is -0.113. The van der Waals surface area contributed by atoms with E-state index >= 15 is 0 Å². The standard InChI is InChI=1S/C24H13ClFN3O2S2/c25-23-27-13-18(26)21(28-23)31-16-8-3-5-14(11-16)12-20-22(30)29(24(32)33-20)19-10-4-7-15-6-1-2-9-17(15)19/h1-13H/b20-12-. The highest BCUT2D eigenvalue weighted by atomic mass is 35.5. The van der Waals surface area contributed by atoms with Gasteiger partial charge in [0.1, 0.15) is 5.75 Å². The fourth-order valence-corrected chi connectivity index (χ4v) is 4.82. The molecule has 1 aromatic heterocycles. The van der Waals surface area contributed by atoms with Crippen molar-refractivity contribution >= 4 is 68.3 Å². The molecule has 162 valence electrons. The van der Waals surface area contributed by atoms with Gasteiger partial charge in [0, 0.05) is 5.39 Å². The first-order valence-electron chi connectivity index (χ1n) is 9.71. The molecule has 1 aliphatic heterocycles. The minimum atomic E-state index is -0.735. The number of hydrogen-bond acceptors (Lipinski definition) is 6. The van der Waals surface area contributed by atoms with Crippen molar-refractivity contribution < 1.29 is 13.9 Å². The van der Waals surface area contributed by atoms with E-state index in [4.69, 9.17) is 28.6 Å². The fraction of sp³-hybridized carbons (Fsp3) is 0. The summed E-state index contributed by atoms with van der Waals surface area (Å²) in [5, 5.41) is 1.84. The van der Waals surface area contributed by atoms with Gasteiger partial charge in [-0.15, -0.1) is 0 Å². The molecule has 33 heavy (non-hydrogen) atoms. The summed E-state index contributed by atoms with van der Waals surface area (Å²) in [6.45, 7) is 0. The van der Waals surface area contributed by atoms with Gasteiger partial charge < -0.3 is 4.74 Å². The highest BCUT2D eigenvalue weighted by Crippen LogP contribution is 2.39. The lowest BCUT2D eigenvalue weighted by Gasteiger charge is -2.17. The van der Waals surface area contributed by atoms with Crippen LogP contribution >= 0.6 is 35.6 Å². The number of ether oxygens (including phenoxy) is 1. The minimum Gasteiger partial charge on any atom is -0.436 e. The second-order valence-electron chi connectivity index (χ2n) is 6.98. The molecular formula is C24H13ClFN3O2S2. The van der Waals surface area contributed by atoms with Crippen LogP contribution < -0.4 is 9.64 Å². The Balaban J connectivity index is 1.45. The third kappa shape index (κ3) is 4.32. The molecule has 5 rings (SSSR count). The van der Waals surface area contributed by atoms with Crippen molar-refractivity contribution in [3.05, 3.63) is 94.5 Å². The van der Waals surface area contributed by atoms with E-state index in [1.807, 2.05) is 42.5 Å². The van der Waals surface area contributed by atoms with Gasteiger partial charge in [-0.05, 0) is 46.8 Å². The molecule has 0 spiro atoms. The summed E-state index contributed by atoms with van der Waals surface area (Å²) in [7, 11) is 0. The normalized spacial score (nSPS) is 15.0. The summed E-state index contributed by atoms with van der Waals surface area (Å²) in [6.07, 6.45) is 2.66. The second kappa shape index (κ2) is 8.90. The molecule has 1 fully saturated rings. The molecular weight excluding hydrogens is 481 g/mol. The van der Waals surface area contributed by atoms with Crippen molar-refractivity contribution in [3.63, 3.8) is 0 Å². The molecule has 1 aliphatic rings. The molecule has 1 amide bonds. The van der Waals surface area contributed by atoms with Gasteiger partial charge >= 0.3 is 0 Å². The highest BCUT2D eigenvalue weighted by Gasteiger charge is 2.34. The third-order valence-corrected chi connectivity index (χ3v) is 6.34. The van der Waals surface area contributed by atoms with Gasteiger partial charge in [0.05, 0.1) is 16.8 Å². The van der Waals surface area contributed by atoms with Crippen LogP contribution in [-0.4, -0.2) is 20.2 Å². The Kier molecular flexibility index (Phi) is 5.80. The maximum atomic E-state index is 13.9. The average Bonchev–Trinajstić information content (AvgIpc) is 3.08. The van der Waals surface area contributed by atoms with Crippen molar-refractivity contribution in [3.8, 4) is 11.6 Å². The minimum absolute atomic E-state index is 0.125. The molecule has 0 atom stereocenters. The van der Waals surface area contributed by atoms with Gasteiger partial charge in [-0.2, -0.15) is 9.37 Å². The molecule has 9 heteroatoms. The van der Waals surface area contributed by atoms with Gasteiger partial charge in [-0.3, -0.25) is 9.69 Å². The highest BCUT2D eigenvalue weighted by molar-refractivity contribution is 8.27. The zero-order valence-corrected chi connectivity index (χ0v) is 19.1. The van der Waals surface area contributed by atoms with E-state index in [0.717, 1.165) is 22.7 Å². The molecule has 0 saturated carbocycles. The Morgan fingerprint density at radius 1 is 1.09 bits per heavy atom. The summed E-state index contributed by atoms with van der Waals surface area (Å²) >= 11 is 12.5. The van der Waals surface area contributed by atoms with Crippen molar-refractivity contribution in [1.29, 1.82) is 0 Å². The number of fused-ring (bicyclic) bond motifs is 1. The molecule has 0 unspecified atom stereocenters. The molecule has 0 bridgehead atoms. The number of thiocarbonyl (C=S) groups is 1. The molecule has 5 nitrogen and oxygen atoms in total. The van der Waals surface area contributed by atoms with Gasteiger partial charge in [0.15, 0.2) is 4.32 Å². The topological polar surface area (TPSA) is 55.3 Å². The Morgan fingerprint density at radius 2 is 1.88 bits per heavy atom. The molecule has 2 heterocycles. The number of rotatable bonds is 4. The Labute approximate surface area is 202 Å². The van der Waals surface area contributed by atoms with Crippen LogP contribution in [0, 0.1) is 5.82 Å². The number of carbonyl (C=O) groups excluding carboxylic acids is 1. The largest absolute Gasteiger partial charge is 0.436 e. The smallest absolute Gasteiger partial charge is 0.270 e. The van der Waals surface area contributed by atoms with Crippen LogP contribution in [0.3, 0.4) is 0 Å². The van der Waals surface area contributed by atoms with Gasteiger partial charge in [-0.25, -0.2) is 4.98 Å². The van der Waals surface area contributed by atoms with E-state index in [1.165, 1.54) is 11.8 Å². The van der Waals surface area contributed by atoms with Gasteiger partial charge in [0.25, 0.3) is 11.8 Å². The van der Waals surface area contributed by atoms with Gasteiger partial charge in [0.2, 0.25) is 11.1 Å². The number of amides is 1. The summed E-state index contributed by atoms with van der Waals surface area (Å²) < 4.78 is 19.9. The molecule has 1 saturated heterocycles. The van der Waals surface area contributed by atoms with Crippen molar-refractivity contribution in [2.75, 3.05) is 4.90 Å². The molecule has 4 aromatic rings. The van der Waals surface area contributed by atoms with Crippen LogP contribution in [0.5, 0.6) is 11.6 Å². The number of carbonyl (C=O) groups is 1. The first kappa shape index (κ1) is 21.5. The molecule has 0 N–H and O–H groups in total. The fourth-order valence-electron chi connectivity index (χ4n) is 3.41.